The van der Waals surface area contributed by atoms with Gasteiger partial charge >= 0.3 is 0 Å². The topological polar surface area (TPSA) is 84.2 Å². The van der Waals surface area contributed by atoms with Gasteiger partial charge in [0.05, 0.1) is 4.88 Å². The van der Waals surface area contributed by atoms with Gasteiger partial charge in [0.2, 0.25) is 5.91 Å². The van der Waals surface area contributed by atoms with Gasteiger partial charge in [-0.25, -0.2) is 0 Å². The average Bonchev–Trinajstić information content (AvgIpc) is 3.26. The Bertz CT molecular complexity index is 715. The standard InChI is InChI=1S/C18H21N3O2S/c19-11-12-4-1-7-15(12)17(22)20-13-5-2-6-14(10-13)21-18(23)16-8-3-9-24-16/h2-3,5-6,8-10,12,15H,1,4,7,11,19H2,(H,20,22)(H,21,23)/t12-,15-/m1/s1. The SMILES string of the molecule is NC[C@H]1CCC[C@H]1C(=O)Nc1cccc(NC(=O)c2cccs2)c1. The molecule has 4 N–H and O–H groups in total. The molecule has 1 saturated carbocycles. The fraction of sp³-hybridized carbons (Fsp3) is 0.333. The number of amides is 2. The van der Waals surface area contributed by atoms with Crippen molar-refractivity contribution in [3.63, 3.8) is 0 Å². The fourth-order valence-corrected chi connectivity index (χ4v) is 3.79. The van der Waals surface area contributed by atoms with E-state index in [1.807, 2.05) is 23.6 Å². The molecule has 1 aliphatic rings. The Balaban J connectivity index is 1.65. The number of nitrogens with two attached hydrogens (primary N) is 1. The zero-order chi connectivity index (χ0) is 16.9. The molecule has 1 aliphatic carbocycles. The van der Waals surface area contributed by atoms with Gasteiger partial charge in [-0.1, -0.05) is 18.6 Å². The van der Waals surface area contributed by atoms with Gasteiger partial charge in [0.15, 0.2) is 0 Å². The maximum Gasteiger partial charge on any atom is 0.265 e. The summed E-state index contributed by atoms with van der Waals surface area (Å²) >= 11 is 1.39. The Morgan fingerprint density at radius 1 is 1.12 bits per heavy atom. The second-order valence-electron chi connectivity index (χ2n) is 6.03. The van der Waals surface area contributed by atoms with Crippen molar-refractivity contribution in [1.82, 2.24) is 0 Å². The van der Waals surface area contributed by atoms with Gasteiger partial charge in [0.25, 0.3) is 5.91 Å². The molecule has 6 heteroatoms. The first-order valence-corrected chi connectivity index (χ1v) is 9.01. The molecule has 1 aromatic carbocycles. The summed E-state index contributed by atoms with van der Waals surface area (Å²) in [6.07, 6.45) is 2.96. The van der Waals surface area contributed by atoms with E-state index >= 15 is 0 Å². The summed E-state index contributed by atoms with van der Waals surface area (Å²) in [5.41, 5.74) is 7.10. The quantitative estimate of drug-likeness (QED) is 0.779. The third kappa shape index (κ3) is 3.83. The molecule has 2 amide bonds. The zero-order valence-electron chi connectivity index (χ0n) is 13.3. The van der Waals surface area contributed by atoms with Crippen molar-refractivity contribution in [2.24, 2.45) is 17.6 Å². The molecular weight excluding hydrogens is 322 g/mol. The van der Waals surface area contributed by atoms with Crippen molar-refractivity contribution in [2.45, 2.75) is 19.3 Å². The van der Waals surface area contributed by atoms with Crippen LogP contribution in [0.25, 0.3) is 0 Å². The normalized spacial score (nSPS) is 19.9. The van der Waals surface area contributed by atoms with Crippen LogP contribution in [0.15, 0.2) is 41.8 Å². The van der Waals surface area contributed by atoms with E-state index in [2.05, 4.69) is 10.6 Å². The van der Waals surface area contributed by atoms with Crippen LogP contribution in [0.3, 0.4) is 0 Å². The highest BCUT2D eigenvalue weighted by molar-refractivity contribution is 7.12. The molecule has 0 aliphatic heterocycles. The largest absolute Gasteiger partial charge is 0.330 e. The highest BCUT2D eigenvalue weighted by atomic mass is 32.1. The van der Waals surface area contributed by atoms with Crippen LogP contribution < -0.4 is 16.4 Å². The number of hydrogen-bond donors (Lipinski definition) is 3. The van der Waals surface area contributed by atoms with Crippen molar-refractivity contribution in [3.05, 3.63) is 46.7 Å². The van der Waals surface area contributed by atoms with Crippen molar-refractivity contribution in [3.8, 4) is 0 Å². The molecule has 126 valence electrons. The van der Waals surface area contributed by atoms with Gasteiger partial charge in [-0.2, -0.15) is 0 Å². The minimum absolute atomic E-state index is 0.0145. The average molecular weight is 343 g/mol. The number of rotatable bonds is 5. The summed E-state index contributed by atoms with van der Waals surface area (Å²) in [6.45, 7) is 0.551. The Labute approximate surface area is 145 Å². The van der Waals surface area contributed by atoms with E-state index in [1.54, 1.807) is 18.2 Å². The van der Waals surface area contributed by atoms with Crippen LogP contribution in [-0.2, 0) is 4.79 Å². The van der Waals surface area contributed by atoms with Crippen LogP contribution in [-0.4, -0.2) is 18.4 Å². The second kappa shape index (κ2) is 7.59. The van der Waals surface area contributed by atoms with E-state index in [0.29, 0.717) is 22.8 Å². The summed E-state index contributed by atoms with van der Waals surface area (Å²) < 4.78 is 0. The van der Waals surface area contributed by atoms with Crippen LogP contribution in [0.4, 0.5) is 11.4 Å². The first-order chi connectivity index (χ1) is 11.7. The summed E-state index contributed by atoms with van der Waals surface area (Å²) in [5, 5.41) is 7.66. The Morgan fingerprint density at radius 3 is 2.62 bits per heavy atom. The maximum absolute atomic E-state index is 12.5. The van der Waals surface area contributed by atoms with Crippen LogP contribution >= 0.6 is 11.3 Å². The van der Waals surface area contributed by atoms with Gasteiger partial charge in [0.1, 0.15) is 0 Å². The van der Waals surface area contributed by atoms with Crippen molar-refractivity contribution < 1.29 is 9.59 Å². The molecule has 24 heavy (non-hydrogen) atoms. The predicted molar refractivity (Wildman–Crippen MR) is 97.2 cm³/mol. The third-order valence-corrected chi connectivity index (χ3v) is 5.30. The van der Waals surface area contributed by atoms with E-state index in [9.17, 15) is 9.59 Å². The summed E-state index contributed by atoms with van der Waals surface area (Å²) in [5.74, 6) is 0.128. The highest BCUT2D eigenvalue weighted by Gasteiger charge is 2.31. The van der Waals surface area contributed by atoms with E-state index in [0.717, 1.165) is 19.3 Å². The summed E-state index contributed by atoms with van der Waals surface area (Å²) in [7, 11) is 0. The fourth-order valence-electron chi connectivity index (χ4n) is 3.17. The van der Waals surface area contributed by atoms with Crippen LogP contribution in [0, 0.1) is 11.8 Å². The van der Waals surface area contributed by atoms with E-state index in [-0.39, 0.29) is 23.7 Å². The molecule has 2 aromatic rings. The number of benzene rings is 1. The lowest BCUT2D eigenvalue weighted by Gasteiger charge is -2.17. The number of thiophene rings is 1. The molecule has 1 fully saturated rings. The Hall–Kier alpha value is -2.18. The van der Waals surface area contributed by atoms with Crippen molar-refractivity contribution in [2.75, 3.05) is 17.2 Å². The van der Waals surface area contributed by atoms with E-state index < -0.39 is 0 Å². The number of anilines is 2. The molecule has 2 atom stereocenters. The molecule has 0 spiro atoms. The highest BCUT2D eigenvalue weighted by Crippen LogP contribution is 2.32. The summed E-state index contributed by atoms with van der Waals surface area (Å²) in [6, 6.07) is 10.8. The smallest absolute Gasteiger partial charge is 0.265 e. The van der Waals surface area contributed by atoms with Crippen molar-refractivity contribution >= 4 is 34.5 Å². The molecule has 0 radical (unpaired) electrons. The van der Waals surface area contributed by atoms with Crippen LogP contribution in [0.5, 0.6) is 0 Å². The van der Waals surface area contributed by atoms with E-state index in [4.69, 9.17) is 5.73 Å². The molecular formula is C18H21N3O2S. The molecule has 1 heterocycles. The van der Waals surface area contributed by atoms with E-state index in [1.165, 1.54) is 11.3 Å². The lowest BCUT2D eigenvalue weighted by molar-refractivity contribution is -0.120. The molecule has 0 bridgehead atoms. The minimum atomic E-state index is -0.146. The molecule has 0 saturated heterocycles. The Kier molecular flexibility index (Phi) is 5.27. The second-order valence-corrected chi connectivity index (χ2v) is 6.98. The van der Waals surface area contributed by atoms with Crippen LogP contribution in [0.1, 0.15) is 28.9 Å². The first kappa shape index (κ1) is 16.7. The van der Waals surface area contributed by atoms with Crippen molar-refractivity contribution in [1.29, 1.82) is 0 Å². The molecule has 5 nitrogen and oxygen atoms in total. The minimum Gasteiger partial charge on any atom is -0.330 e. The lowest BCUT2D eigenvalue weighted by atomic mass is 9.95. The number of carbonyl (C=O) groups is 2. The molecule has 0 unspecified atom stereocenters. The van der Waals surface area contributed by atoms with Gasteiger partial charge in [-0.15, -0.1) is 11.3 Å². The van der Waals surface area contributed by atoms with Gasteiger partial charge in [-0.05, 0) is 54.9 Å². The Morgan fingerprint density at radius 2 is 1.92 bits per heavy atom. The lowest BCUT2D eigenvalue weighted by Crippen LogP contribution is -2.29. The first-order valence-electron chi connectivity index (χ1n) is 8.13. The summed E-state index contributed by atoms with van der Waals surface area (Å²) in [4.78, 5) is 25.2. The van der Waals surface area contributed by atoms with Crippen LogP contribution in [0.2, 0.25) is 0 Å². The van der Waals surface area contributed by atoms with Gasteiger partial charge in [0, 0.05) is 17.3 Å². The molecule has 3 rings (SSSR count). The third-order valence-electron chi connectivity index (χ3n) is 4.43. The number of nitrogens with one attached hydrogen (secondary N) is 2. The number of carbonyl (C=O) groups excluding carboxylic acids is 2. The number of hydrogen-bond acceptors (Lipinski definition) is 4. The predicted octanol–water partition coefficient (Wildman–Crippen LogP) is 3.31. The monoisotopic (exact) mass is 343 g/mol. The molecule has 1 aromatic heterocycles. The van der Waals surface area contributed by atoms with Gasteiger partial charge in [-0.3, -0.25) is 9.59 Å². The zero-order valence-corrected chi connectivity index (χ0v) is 14.1. The van der Waals surface area contributed by atoms with Gasteiger partial charge < -0.3 is 16.4 Å². The maximum atomic E-state index is 12.5.